The van der Waals surface area contributed by atoms with E-state index < -0.39 is 53.9 Å². The summed E-state index contributed by atoms with van der Waals surface area (Å²) >= 11 is 18.4. The van der Waals surface area contributed by atoms with Gasteiger partial charge in [-0.3, -0.25) is 14.4 Å². The molecule has 0 aliphatic rings. The van der Waals surface area contributed by atoms with Crippen molar-refractivity contribution in [3.63, 3.8) is 0 Å². The number of nitrogens with one attached hydrogen (secondary N) is 1. The zero-order valence-electron chi connectivity index (χ0n) is 23.7. The Hall–Kier alpha value is -3.07. The number of benzene rings is 3. The second-order valence-electron chi connectivity index (χ2n) is 10.5. The van der Waals surface area contributed by atoms with E-state index in [9.17, 15) is 27.6 Å². The number of rotatable bonds is 13. The molecule has 0 fully saturated rings. The Morgan fingerprint density at radius 1 is 0.837 bits per heavy atom. The average molecular weight is 657 g/mol. The third-order valence-electron chi connectivity index (χ3n) is 7.17. The molecule has 1 amide bonds. The van der Waals surface area contributed by atoms with Crippen LogP contribution in [0.4, 0.5) is 13.2 Å². The molecule has 0 aromatic heterocycles. The van der Waals surface area contributed by atoms with Crippen LogP contribution in [-0.2, 0) is 20.8 Å². The maximum absolute atomic E-state index is 13.5. The van der Waals surface area contributed by atoms with E-state index in [-0.39, 0.29) is 12.8 Å². The summed E-state index contributed by atoms with van der Waals surface area (Å²) in [5, 5.41) is 3.81. The molecule has 0 heterocycles. The maximum atomic E-state index is 13.5. The van der Waals surface area contributed by atoms with Gasteiger partial charge in [0.25, 0.3) is 0 Å². The average Bonchev–Trinajstić information content (AvgIpc) is 2.96. The number of halogens is 6. The lowest BCUT2D eigenvalue weighted by Crippen LogP contribution is -2.45. The first-order chi connectivity index (χ1) is 20.2. The number of methoxy groups -OCH3 is 1. The van der Waals surface area contributed by atoms with Crippen LogP contribution in [0.3, 0.4) is 0 Å². The molecule has 3 rings (SSSR count). The fourth-order valence-corrected chi connectivity index (χ4v) is 5.17. The third kappa shape index (κ3) is 9.71. The van der Waals surface area contributed by atoms with Gasteiger partial charge in [-0.05, 0) is 65.4 Å². The zero-order chi connectivity index (χ0) is 31.9. The first-order valence-electron chi connectivity index (χ1n) is 13.5. The van der Waals surface area contributed by atoms with Gasteiger partial charge in [0.1, 0.15) is 5.75 Å². The minimum atomic E-state index is -5.09. The highest BCUT2D eigenvalue weighted by atomic mass is 35.5. The molecule has 43 heavy (non-hydrogen) atoms. The maximum Gasteiger partial charge on any atom is 0.450 e. The van der Waals surface area contributed by atoms with Gasteiger partial charge in [-0.25, -0.2) is 0 Å². The van der Waals surface area contributed by atoms with Crippen molar-refractivity contribution in [1.29, 1.82) is 0 Å². The predicted molar refractivity (Wildman–Crippen MR) is 162 cm³/mol. The number of ketones is 2. The van der Waals surface area contributed by atoms with Crippen LogP contribution in [0.2, 0.25) is 15.1 Å². The molecule has 5 nitrogen and oxygen atoms in total. The zero-order valence-corrected chi connectivity index (χ0v) is 26.0. The quantitative estimate of drug-likeness (QED) is 0.201. The first-order valence-corrected chi connectivity index (χ1v) is 14.6. The van der Waals surface area contributed by atoms with Crippen molar-refractivity contribution in [2.45, 2.75) is 51.2 Å². The fourth-order valence-electron chi connectivity index (χ4n) is 4.73. The molecular formula is C32H31Cl3F3NO4. The van der Waals surface area contributed by atoms with Gasteiger partial charge >= 0.3 is 6.18 Å². The van der Waals surface area contributed by atoms with Crippen molar-refractivity contribution in [1.82, 2.24) is 5.32 Å². The minimum Gasteiger partial charge on any atom is -0.497 e. The van der Waals surface area contributed by atoms with Crippen LogP contribution in [0.5, 0.6) is 5.75 Å². The first kappa shape index (κ1) is 34.4. The number of amides is 1. The lowest BCUT2D eigenvalue weighted by molar-refractivity contribution is -0.177. The molecule has 1 N–H and O–H groups in total. The summed E-state index contributed by atoms with van der Waals surface area (Å²) in [4.78, 5) is 39.1. The predicted octanol–water partition coefficient (Wildman–Crippen LogP) is 8.27. The number of hydrogen-bond donors (Lipinski definition) is 1. The number of alkyl halides is 3. The Balaban J connectivity index is 1.92. The van der Waals surface area contributed by atoms with E-state index >= 15 is 0 Å². The lowest BCUT2D eigenvalue weighted by Gasteiger charge is -2.25. The SMILES string of the molecule is COc1ccc(C(CC(=O)N[C@@H](Cc2ccc(Cl)cc2)C(=O)C[C@H](C(=O)C(F)(F)F)C(C)C)c2ccc(Cl)c(Cl)c2)cc1. The molecular weight excluding hydrogens is 626 g/mol. The highest BCUT2D eigenvalue weighted by molar-refractivity contribution is 6.42. The summed E-state index contributed by atoms with van der Waals surface area (Å²) in [6.45, 7) is 2.90. The van der Waals surface area contributed by atoms with Gasteiger partial charge < -0.3 is 10.1 Å². The number of carbonyl (C=O) groups is 3. The molecule has 0 aliphatic carbocycles. The van der Waals surface area contributed by atoms with Gasteiger partial charge in [-0.1, -0.05) is 79.0 Å². The molecule has 3 aromatic rings. The van der Waals surface area contributed by atoms with Crippen LogP contribution in [0.25, 0.3) is 0 Å². The summed E-state index contributed by atoms with van der Waals surface area (Å²) in [6, 6.07) is 17.4. The van der Waals surface area contributed by atoms with E-state index in [0.29, 0.717) is 31.9 Å². The summed E-state index contributed by atoms with van der Waals surface area (Å²) in [7, 11) is 1.53. The van der Waals surface area contributed by atoms with E-state index in [1.54, 1.807) is 66.7 Å². The molecule has 0 saturated heterocycles. The molecule has 1 unspecified atom stereocenters. The van der Waals surface area contributed by atoms with E-state index in [1.165, 1.54) is 21.0 Å². The van der Waals surface area contributed by atoms with E-state index in [0.717, 1.165) is 5.56 Å². The van der Waals surface area contributed by atoms with Crippen LogP contribution in [-0.4, -0.2) is 36.8 Å². The Morgan fingerprint density at radius 2 is 1.44 bits per heavy atom. The molecule has 3 aromatic carbocycles. The standard InChI is InChI=1S/C32H31Cl3F3NO4/c1-18(2)24(31(42)32(36,37)38)16-29(40)28(14-19-4-9-22(33)10-5-19)39-30(41)17-25(20-6-11-23(43-3)12-7-20)21-8-13-26(34)27(35)15-21/h4-13,15,18,24-25,28H,14,16-17H2,1-3H3,(H,39,41)/t24-,25?,28-/m0/s1. The van der Waals surface area contributed by atoms with Crippen LogP contribution in [0.1, 0.15) is 49.3 Å². The smallest absolute Gasteiger partial charge is 0.450 e. The Bertz CT molecular complexity index is 1430. The number of hydrogen-bond acceptors (Lipinski definition) is 4. The second-order valence-corrected chi connectivity index (χ2v) is 11.8. The monoisotopic (exact) mass is 655 g/mol. The molecule has 11 heteroatoms. The number of carbonyl (C=O) groups excluding carboxylic acids is 3. The normalized spacial score (nSPS) is 13.7. The Kier molecular flexibility index (Phi) is 12.1. The third-order valence-corrected chi connectivity index (χ3v) is 8.16. The van der Waals surface area contributed by atoms with Gasteiger partial charge in [0.05, 0.1) is 23.2 Å². The van der Waals surface area contributed by atoms with Crippen molar-refractivity contribution in [3.05, 3.63) is 98.5 Å². The number of ether oxygens (including phenoxy) is 1. The fraction of sp³-hybridized carbons (Fsp3) is 0.344. The van der Waals surface area contributed by atoms with E-state index in [2.05, 4.69) is 5.32 Å². The highest BCUT2D eigenvalue weighted by Gasteiger charge is 2.45. The molecule has 0 spiro atoms. The topological polar surface area (TPSA) is 72.5 Å². The van der Waals surface area contributed by atoms with Crippen LogP contribution in [0, 0.1) is 11.8 Å². The lowest BCUT2D eigenvalue weighted by atomic mass is 9.84. The van der Waals surface area contributed by atoms with Gasteiger partial charge in [0.2, 0.25) is 11.7 Å². The van der Waals surface area contributed by atoms with Crippen molar-refractivity contribution in [3.8, 4) is 5.75 Å². The van der Waals surface area contributed by atoms with E-state index in [4.69, 9.17) is 39.5 Å². The summed E-state index contributed by atoms with van der Waals surface area (Å²) in [5.74, 6) is -5.41. The number of Topliss-reactive ketones (excluding diaryl/α,β-unsaturated/α-hetero) is 2. The molecule has 230 valence electrons. The van der Waals surface area contributed by atoms with Crippen molar-refractivity contribution in [2.75, 3.05) is 7.11 Å². The Morgan fingerprint density at radius 3 is 1.98 bits per heavy atom. The van der Waals surface area contributed by atoms with Crippen LogP contribution < -0.4 is 10.1 Å². The van der Waals surface area contributed by atoms with Crippen LogP contribution in [0.15, 0.2) is 66.7 Å². The molecule has 3 atom stereocenters. The van der Waals surface area contributed by atoms with E-state index in [1.807, 2.05) is 0 Å². The van der Waals surface area contributed by atoms with Crippen molar-refractivity contribution in [2.24, 2.45) is 11.8 Å². The largest absolute Gasteiger partial charge is 0.497 e. The van der Waals surface area contributed by atoms with Gasteiger partial charge in [-0.2, -0.15) is 13.2 Å². The van der Waals surface area contributed by atoms with Gasteiger partial charge in [-0.15, -0.1) is 0 Å². The van der Waals surface area contributed by atoms with Crippen molar-refractivity contribution >= 4 is 52.3 Å². The summed E-state index contributed by atoms with van der Waals surface area (Å²) in [6.07, 6.45) is -5.89. The van der Waals surface area contributed by atoms with Gasteiger partial charge in [0, 0.05) is 29.7 Å². The summed E-state index contributed by atoms with van der Waals surface area (Å²) < 4.78 is 45.2. The summed E-state index contributed by atoms with van der Waals surface area (Å²) in [5.41, 5.74) is 2.07. The van der Waals surface area contributed by atoms with Crippen LogP contribution >= 0.6 is 34.8 Å². The van der Waals surface area contributed by atoms with Crippen molar-refractivity contribution < 1.29 is 32.3 Å². The molecule has 0 radical (unpaired) electrons. The Labute approximate surface area is 263 Å². The molecule has 0 bridgehead atoms. The highest BCUT2D eigenvalue weighted by Crippen LogP contribution is 2.34. The molecule has 0 saturated carbocycles. The molecule has 0 aliphatic heterocycles. The minimum absolute atomic E-state index is 0.00720. The van der Waals surface area contributed by atoms with Gasteiger partial charge in [0.15, 0.2) is 5.78 Å². The second kappa shape index (κ2) is 15.1.